The minimum atomic E-state index is -2.20. The van der Waals surface area contributed by atoms with Gasteiger partial charge in [0.2, 0.25) is 0 Å². The van der Waals surface area contributed by atoms with Crippen LogP contribution in [0, 0.1) is 0 Å². The Morgan fingerprint density at radius 2 is 1.57 bits per heavy atom. The maximum atomic E-state index is 12.8. The van der Waals surface area contributed by atoms with Gasteiger partial charge in [0.1, 0.15) is 0 Å². The summed E-state index contributed by atoms with van der Waals surface area (Å²) >= 11 is 0. The summed E-state index contributed by atoms with van der Waals surface area (Å²) in [5, 5.41) is 0. The molecule has 0 fully saturated rings. The molecule has 0 amide bonds. The standard InChI is InChI=1S/C21H23NO6/c1-3-26-19(24)21(20(25)27-4-2,13-12-16-9-8-14-22-15-16)28-18(23)17-10-6-5-7-11-17/h5-11,14-15H,3-4,12-13H2,1-2H3. The van der Waals surface area contributed by atoms with Crippen LogP contribution in [0.5, 0.6) is 0 Å². The average molecular weight is 385 g/mol. The van der Waals surface area contributed by atoms with Crippen LogP contribution < -0.4 is 0 Å². The molecule has 1 aromatic carbocycles. The molecule has 1 aromatic heterocycles. The second-order valence-corrected chi connectivity index (χ2v) is 5.88. The lowest BCUT2D eigenvalue weighted by Gasteiger charge is -2.29. The fourth-order valence-electron chi connectivity index (χ4n) is 2.57. The zero-order valence-corrected chi connectivity index (χ0v) is 15.9. The van der Waals surface area contributed by atoms with Crippen molar-refractivity contribution in [1.82, 2.24) is 4.98 Å². The zero-order chi connectivity index (χ0) is 20.4. The first-order valence-corrected chi connectivity index (χ1v) is 9.05. The number of aromatic nitrogens is 1. The molecule has 2 rings (SSSR count). The molecule has 7 heteroatoms. The van der Waals surface area contributed by atoms with E-state index in [1.807, 2.05) is 0 Å². The van der Waals surface area contributed by atoms with E-state index in [1.165, 1.54) is 12.1 Å². The molecular weight excluding hydrogens is 362 g/mol. The van der Waals surface area contributed by atoms with Crippen LogP contribution in [0.2, 0.25) is 0 Å². The van der Waals surface area contributed by atoms with E-state index in [-0.39, 0.29) is 31.6 Å². The summed E-state index contributed by atoms with van der Waals surface area (Å²) in [7, 11) is 0. The van der Waals surface area contributed by atoms with E-state index in [1.54, 1.807) is 56.6 Å². The highest BCUT2D eigenvalue weighted by molar-refractivity contribution is 6.06. The lowest BCUT2D eigenvalue weighted by molar-refractivity contribution is -0.184. The number of benzene rings is 1. The van der Waals surface area contributed by atoms with Crippen LogP contribution in [0.3, 0.4) is 0 Å². The van der Waals surface area contributed by atoms with Gasteiger partial charge >= 0.3 is 23.5 Å². The molecule has 0 aliphatic carbocycles. The van der Waals surface area contributed by atoms with Gasteiger partial charge in [0.05, 0.1) is 18.8 Å². The normalized spacial score (nSPS) is 10.8. The highest BCUT2D eigenvalue weighted by Crippen LogP contribution is 2.25. The molecule has 148 valence electrons. The van der Waals surface area contributed by atoms with E-state index in [9.17, 15) is 14.4 Å². The smallest absolute Gasteiger partial charge is 0.362 e. The molecule has 0 saturated heterocycles. The van der Waals surface area contributed by atoms with Crippen LogP contribution in [0.4, 0.5) is 0 Å². The van der Waals surface area contributed by atoms with Crippen LogP contribution in [-0.2, 0) is 30.2 Å². The Balaban J connectivity index is 2.37. The number of nitrogens with zero attached hydrogens (tertiary/aromatic N) is 1. The lowest BCUT2D eigenvalue weighted by Crippen LogP contribution is -2.53. The van der Waals surface area contributed by atoms with E-state index in [4.69, 9.17) is 14.2 Å². The van der Waals surface area contributed by atoms with Crippen molar-refractivity contribution in [1.29, 1.82) is 0 Å². The molecule has 0 aliphatic heterocycles. The largest absolute Gasteiger partial charge is 0.463 e. The molecule has 1 heterocycles. The zero-order valence-electron chi connectivity index (χ0n) is 15.9. The molecule has 0 spiro atoms. The maximum Gasteiger partial charge on any atom is 0.362 e. The van der Waals surface area contributed by atoms with E-state index >= 15 is 0 Å². The lowest BCUT2D eigenvalue weighted by atomic mass is 9.94. The SMILES string of the molecule is CCOC(=O)C(CCc1cccnc1)(OC(=O)c1ccccc1)C(=O)OCC. The third kappa shape index (κ3) is 5.16. The molecule has 0 bridgehead atoms. The number of carbonyl (C=O) groups excluding carboxylic acids is 3. The Bertz CT molecular complexity index is 773. The first-order chi connectivity index (χ1) is 13.5. The first-order valence-electron chi connectivity index (χ1n) is 9.05. The number of pyridine rings is 1. The molecule has 0 saturated carbocycles. The van der Waals surface area contributed by atoms with Crippen molar-refractivity contribution in [2.75, 3.05) is 13.2 Å². The number of rotatable bonds is 9. The van der Waals surface area contributed by atoms with Gasteiger partial charge in [0, 0.05) is 18.8 Å². The van der Waals surface area contributed by atoms with Crippen molar-refractivity contribution >= 4 is 17.9 Å². The summed E-state index contributed by atoms with van der Waals surface area (Å²) in [6.07, 6.45) is 3.35. The Labute approximate surface area is 163 Å². The minimum Gasteiger partial charge on any atom is -0.463 e. The third-order valence-electron chi connectivity index (χ3n) is 3.98. The van der Waals surface area contributed by atoms with Crippen LogP contribution >= 0.6 is 0 Å². The molecule has 7 nitrogen and oxygen atoms in total. The van der Waals surface area contributed by atoms with Crippen molar-refractivity contribution in [3.05, 3.63) is 66.0 Å². The fourth-order valence-corrected chi connectivity index (χ4v) is 2.57. The van der Waals surface area contributed by atoms with Gasteiger partial charge in [-0.3, -0.25) is 4.98 Å². The molecule has 0 N–H and O–H groups in total. The van der Waals surface area contributed by atoms with Crippen LogP contribution in [0.25, 0.3) is 0 Å². The number of esters is 3. The summed E-state index contributed by atoms with van der Waals surface area (Å²) < 4.78 is 15.6. The Morgan fingerprint density at radius 3 is 2.11 bits per heavy atom. The quantitative estimate of drug-likeness (QED) is 0.372. The predicted octanol–water partition coefficient (Wildman–Crippen LogP) is 2.74. The van der Waals surface area contributed by atoms with E-state index in [2.05, 4.69) is 4.98 Å². The minimum absolute atomic E-state index is 0.0236. The number of aryl methyl sites for hydroxylation is 1. The highest BCUT2D eigenvalue weighted by atomic mass is 16.6. The predicted molar refractivity (Wildman–Crippen MR) is 100 cm³/mol. The van der Waals surface area contributed by atoms with Gasteiger partial charge in [0.25, 0.3) is 0 Å². The van der Waals surface area contributed by atoms with Crippen molar-refractivity contribution < 1.29 is 28.6 Å². The van der Waals surface area contributed by atoms with Crippen molar-refractivity contribution in [2.24, 2.45) is 0 Å². The Hall–Kier alpha value is -3.22. The number of ether oxygens (including phenoxy) is 3. The van der Waals surface area contributed by atoms with Crippen LogP contribution in [0.15, 0.2) is 54.9 Å². The summed E-state index contributed by atoms with van der Waals surface area (Å²) in [6, 6.07) is 11.7. The molecule has 0 aliphatic rings. The van der Waals surface area contributed by atoms with Gasteiger partial charge in [0.15, 0.2) is 0 Å². The molecule has 0 radical (unpaired) electrons. The third-order valence-corrected chi connectivity index (χ3v) is 3.98. The molecule has 0 unspecified atom stereocenters. The average Bonchev–Trinajstić information content (AvgIpc) is 2.72. The van der Waals surface area contributed by atoms with Gasteiger partial charge in [-0.15, -0.1) is 0 Å². The van der Waals surface area contributed by atoms with Crippen molar-refractivity contribution in [3.63, 3.8) is 0 Å². The van der Waals surface area contributed by atoms with Gasteiger partial charge in [-0.1, -0.05) is 24.3 Å². The van der Waals surface area contributed by atoms with Crippen LogP contribution in [-0.4, -0.2) is 41.7 Å². The van der Waals surface area contributed by atoms with Gasteiger partial charge in [-0.05, 0) is 44.0 Å². The van der Waals surface area contributed by atoms with Crippen LogP contribution in [0.1, 0.15) is 36.2 Å². The Morgan fingerprint density at radius 1 is 0.929 bits per heavy atom. The second kappa shape index (κ2) is 10.2. The van der Waals surface area contributed by atoms with Crippen molar-refractivity contribution in [3.8, 4) is 0 Å². The maximum absolute atomic E-state index is 12.8. The molecule has 2 aromatic rings. The van der Waals surface area contributed by atoms with Gasteiger partial charge in [-0.2, -0.15) is 0 Å². The molecular formula is C21H23NO6. The highest BCUT2D eigenvalue weighted by Gasteiger charge is 2.53. The van der Waals surface area contributed by atoms with Crippen molar-refractivity contribution in [2.45, 2.75) is 32.3 Å². The molecule has 0 atom stereocenters. The Kier molecular flexibility index (Phi) is 7.68. The number of hydrogen-bond acceptors (Lipinski definition) is 7. The number of hydrogen-bond donors (Lipinski definition) is 0. The molecule has 28 heavy (non-hydrogen) atoms. The second-order valence-electron chi connectivity index (χ2n) is 5.88. The topological polar surface area (TPSA) is 91.8 Å². The first kappa shape index (κ1) is 21.1. The summed E-state index contributed by atoms with van der Waals surface area (Å²) in [5.74, 6) is -2.73. The number of carbonyl (C=O) groups is 3. The van der Waals surface area contributed by atoms with Gasteiger partial charge in [-0.25, -0.2) is 14.4 Å². The fraction of sp³-hybridized carbons (Fsp3) is 0.333. The van der Waals surface area contributed by atoms with E-state index < -0.39 is 23.5 Å². The van der Waals surface area contributed by atoms with E-state index in [0.29, 0.717) is 0 Å². The van der Waals surface area contributed by atoms with Gasteiger partial charge < -0.3 is 14.2 Å². The van der Waals surface area contributed by atoms with E-state index in [0.717, 1.165) is 5.56 Å². The summed E-state index contributed by atoms with van der Waals surface area (Å²) in [4.78, 5) is 42.2. The monoisotopic (exact) mass is 385 g/mol. The summed E-state index contributed by atoms with van der Waals surface area (Å²) in [6.45, 7) is 3.26. The summed E-state index contributed by atoms with van der Waals surface area (Å²) in [5.41, 5.74) is -1.22.